The molecule has 2 aromatic heterocycles. The summed E-state index contributed by atoms with van der Waals surface area (Å²) in [7, 11) is 0. The minimum absolute atomic E-state index is 0.0780. The number of nitrogens with zero attached hydrogens (tertiary/aromatic N) is 3. The molecule has 4 heteroatoms. The Morgan fingerprint density at radius 1 is 1.20 bits per heavy atom. The second kappa shape index (κ2) is 4.96. The van der Waals surface area contributed by atoms with Gasteiger partial charge in [0.25, 0.3) is 0 Å². The average molecular weight is 267 g/mol. The van der Waals surface area contributed by atoms with Gasteiger partial charge < -0.3 is 4.57 Å². The van der Waals surface area contributed by atoms with Gasteiger partial charge in [-0.3, -0.25) is 9.48 Å². The quantitative estimate of drug-likeness (QED) is 0.681. The number of carbonyl (C=O) groups is 1. The largest absolute Gasteiger partial charge is 0.339 e. The minimum Gasteiger partial charge on any atom is -0.339 e. The van der Waals surface area contributed by atoms with E-state index in [1.807, 2.05) is 39.7 Å². The number of aryl methyl sites for hydroxylation is 1. The highest BCUT2D eigenvalue weighted by Crippen LogP contribution is 2.20. The lowest BCUT2D eigenvalue weighted by Crippen LogP contribution is -2.07. The maximum Gasteiger partial charge on any atom is 0.176 e. The zero-order chi connectivity index (χ0) is 14.1. The van der Waals surface area contributed by atoms with Crippen molar-refractivity contribution in [2.24, 2.45) is 0 Å². The molecular formula is C16H17N3O. The van der Waals surface area contributed by atoms with Crippen LogP contribution in [-0.2, 0) is 13.1 Å². The Morgan fingerprint density at radius 3 is 2.75 bits per heavy atom. The van der Waals surface area contributed by atoms with E-state index in [2.05, 4.69) is 24.2 Å². The molecule has 0 spiro atoms. The fourth-order valence-corrected chi connectivity index (χ4v) is 2.59. The highest BCUT2D eigenvalue weighted by molar-refractivity contribution is 5.92. The topological polar surface area (TPSA) is 39.8 Å². The van der Waals surface area contributed by atoms with E-state index in [0.29, 0.717) is 6.54 Å². The van der Waals surface area contributed by atoms with Gasteiger partial charge in [-0.05, 0) is 25.1 Å². The second-order valence-electron chi connectivity index (χ2n) is 4.86. The molecule has 1 aromatic carbocycles. The predicted molar refractivity (Wildman–Crippen MR) is 78.9 cm³/mol. The number of aromatic nitrogens is 3. The molecule has 2 heterocycles. The molecule has 0 radical (unpaired) electrons. The second-order valence-corrected chi connectivity index (χ2v) is 4.86. The predicted octanol–water partition coefficient (Wildman–Crippen LogP) is 3.11. The Hall–Kier alpha value is -2.36. The molecule has 0 aliphatic carbocycles. The molecule has 0 saturated heterocycles. The van der Waals surface area contributed by atoms with Crippen molar-refractivity contribution in [3.63, 3.8) is 0 Å². The number of ketones is 1. The third-order valence-electron chi connectivity index (χ3n) is 3.54. The van der Waals surface area contributed by atoms with Gasteiger partial charge in [0.2, 0.25) is 0 Å². The maximum atomic E-state index is 11.6. The van der Waals surface area contributed by atoms with Crippen LogP contribution in [0.15, 0.2) is 42.6 Å². The first-order chi connectivity index (χ1) is 9.70. The first-order valence-electron chi connectivity index (χ1n) is 6.81. The molecule has 102 valence electrons. The first kappa shape index (κ1) is 12.7. The molecule has 0 unspecified atom stereocenters. The standard InChI is InChI=1S/C16H17N3O/c1-3-19-16-8-5-4-7-13(16)14(17-19)11-18-10-6-9-15(18)12(2)20/h4-10H,3,11H2,1-2H3. The van der Waals surface area contributed by atoms with Gasteiger partial charge in [0.05, 0.1) is 23.4 Å². The molecule has 0 fully saturated rings. The van der Waals surface area contributed by atoms with Gasteiger partial charge in [-0.2, -0.15) is 5.10 Å². The number of hydrogen-bond acceptors (Lipinski definition) is 2. The van der Waals surface area contributed by atoms with Crippen LogP contribution >= 0.6 is 0 Å². The summed E-state index contributed by atoms with van der Waals surface area (Å²) in [6.07, 6.45) is 1.93. The van der Waals surface area contributed by atoms with Gasteiger partial charge in [-0.25, -0.2) is 0 Å². The van der Waals surface area contributed by atoms with E-state index >= 15 is 0 Å². The van der Waals surface area contributed by atoms with Crippen LogP contribution in [0.1, 0.15) is 30.0 Å². The van der Waals surface area contributed by atoms with Crippen LogP contribution in [-0.4, -0.2) is 20.1 Å². The number of carbonyl (C=O) groups excluding carboxylic acids is 1. The highest BCUT2D eigenvalue weighted by atomic mass is 16.1. The van der Waals surface area contributed by atoms with E-state index in [4.69, 9.17) is 0 Å². The minimum atomic E-state index is 0.0780. The van der Waals surface area contributed by atoms with Crippen molar-refractivity contribution in [2.45, 2.75) is 26.9 Å². The maximum absolute atomic E-state index is 11.6. The number of benzene rings is 1. The van der Waals surface area contributed by atoms with Gasteiger partial charge in [-0.1, -0.05) is 18.2 Å². The van der Waals surface area contributed by atoms with Gasteiger partial charge in [0, 0.05) is 25.1 Å². The SMILES string of the molecule is CCn1nc(Cn2cccc2C(C)=O)c2ccccc21. The molecule has 0 N–H and O–H groups in total. The first-order valence-corrected chi connectivity index (χ1v) is 6.81. The van der Waals surface area contributed by atoms with Crippen LogP contribution < -0.4 is 0 Å². The molecule has 0 bridgehead atoms. The van der Waals surface area contributed by atoms with E-state index in [1.165, 1.54) is 0 Å². The van der Waals surface area contributed by atoms with Crippen molar-refractivity contribution >= 4 is 16.7 Å². The monoisotopic (exact) mass is 267 g/mol. The van der Waals surface area contributed by atoms with Gasteiger partial charge in [-0.15, -0.1) is 0 Å². The van der Waals surface area contributed by atoms with E-state index in [9.17, 15) is 4.79 Å². The Balaban J connectivity index is 2.07. The van der Waals surface area contributed by atoms with E-state index in [0.717, 1.165) is 28.8 Å². The molecule has 0 aliphatic heterocycles. The van der Waals surface area contributed by atoms with Crippen molar-refractivity contribution in [3.8, 4) is 0 Å². The summed E-state index contributed by atoms with van der Waals surface area (Å²) in [5.74, 6) is 0.0780. The summed E-state index contributed by atoms with van der Waals surface area (Å²) in [5.41, 5.74) is 2.86. The van der Waals surface area contributed by atoms with Gasteiger partial charge in [0.15, 0.2) is 5.78 Å². The molecule has 0 saturated carbocycles. The normalized spacial score (nSPS) is 11.1. The summed E-state index contributed by atoms with van der Waals surface area (Å²) >= 11 is 0. The third kappa shape index (κ3) is 2.03. The lowest BCUT2D eigenvalue weighted by atomic mass is 10.2. The summed E-state index contributed by atoms with van der Waals surface area (Å²) in [6, 6.07) is 12.0. The average Bonchev–Trinajstić information content (AvgIpc) is 3.04. The van der Waals surface area contributed by atoms with Gasteiger partial charge in [0.1, 0.15) is 0 Å². The Labute approximate surface area is 117 Å². The smallest absolute Gasteiger partial charge is 0.176 e. The number of Topliss-reactive ketones (excluding diaryl/α,β-unsaturated/α-hetero) is 1. The van der Waals surface area contributed by atoms with Crippen LogP contribution in [0, 0.1) is 0 Å². The fraction of sp³-hybridized carbons (Fsp3) is 0.250. The van der Waals surface area contributed by atoms with Crippen molar-refractivity contribution < 1.29 is 4.79 Å². The van der Waals surface area contributed by atoms with Crippen molar-refractivity contribution in [3.05, 3.63) is 54.0 Å². The highest BCUT2D eigenvalue weighted by Gasteiger charge is 2.12. The molecule has 0 aliphatic rings. The number of fused-ring (bicyclic) bond motifs is 1. The summed E-state index contributed by atoms with van der Waals surface area (Å²) in [4.78, 5) is 11.6. The molecular weight excluding hydrogens is 250 g/mol. The van der Waals surface area contributed by atoms with Crippen molar-refractivity contribution in [1.82, 2.24) is 14.3 Å². The molecule has 3 aromatic rings. The molecule has 20 heavy (non-hydrogen) atoms. The summed E-state index contributed by atoms with van der Waals surface area (Å²) < 4.78 is 3.96. The number of rotatable bonds is 4. The Kier molecular flexibility index (Phi) is 3.14. The number of hydrogen-bond donors (Lipinski definition) is 0. The zero-order valence-electron chi connectivity index (χ0n) is 11.7. The van der Waals surface area contributed by atoms with Crippen molar-refractivity contribution in [1.29, 1.82) is 0 Å². The van der Waals surface area contributed by atoms with Crippen LogP contribution in [0.25, 0.3) is 10.9 Å². The lowest BCUT2D eigenvalue weighted by molar-refractivity contribution is 0.100. The van der Waals surface area contributed by atoms with Crippen LogP contribution in [0.5, 0.6) is 0 Å². The Bertz CT molecular complexity index is 767. The van der Waals surface area contributed by atoms with Crippen LogP contribution in [0.3, 0.4) is 0 Å². The third-order valence-corrected chi connectivity index (χ3v) is 3.54. The zero-order valence-corrected chi connectivity index (χ0v) is 11.7. The molecule has 0 amide bonds. The van der Waals surface area contributed by atoms with Crippen molar-refractivity contribution in [2.75, 3.05) is 0 Å². The molecule has 4 nitrogen and oxygen atoms in total. The number of para-hydroxylation sites is 1. The summed E-state index contributed by atoms with van der Waals surface area (Å²) in [6.45, 7) is 5.13. The van der Waals surface area contributed by atoms with Crippen LogP contribution in [0.2, 0.25) is 0 Å². The fourth-order valence-electron chi connectivity index (χ4n) is 2.59. The van der Waals surface area contributed by atoms with Crippen LogP contribution in [0.4, 0.5) is 0 Å². The molecule has 3 rings (SSSR count). The van der Waals surface area contributed by atoms with E-state index in [1.54, 1.807) is 6.92 Å². The van der Waals surface area contributed by atoms with Gasteiger partial charge >= 0.3 is 0 Å². The Morgan fingerprint density at radius 2 is 2.00 bits per heavy atom. The summed E-state index contributed by atoms with van der Waals surface area (Å²) in [5, 5.41) is 5.82. The molecule has 0 atom stereocenters. The van der Waals surface area contributed by atoms with E-state index < -0.39 is 0 Å². The lowest BCUT2D eigenvalue weighted by Gasteiger charge is -2.05. The van der Waals surface area contributed by atoms with E-state index in [-0.39, 0.29) is 5.78 Å².